The maximum absolute atomic E-state index is 12.6. The van der Waals surface area contributed by atoms with E-state index in [1.54, 1.807) is 24.3 Å². The summed E-state index contributed by atoms with van der Waals surface area (Å²) in [7, 11) is -3.26. The van der Waals surface area contributed by atoms with Gasteiger partial charge in [-0.2, -0.15) is 0 Å². The topological polar surface area (TPSA) is 78.5 Å². The Balaban J connectivity index is 0.00000243. The highest BCUT2D eigenvalue weighted by Crippen LogP contribution is 2.29. The van der Waals surface area contributed by atoms with Crippen LogP contribution in [0.3, 0.4) is 0 Å². The number of hydrogen-bond donors (Lipinski definition) is 2. The molecule has 0 atom stereocenters. The quantitative estimate of drug-likeness (QED) is 0.754. The van der Waals surface area contributed by atoms with Crippen molar-refractivity contribution in [1.29, 1.82) is 0 Å². The summed E-state index contributed by atoms with van der Waals surface area (Å²) in [5.41, 5.74) is 0.505. The van der Waals surface area contributed by atoms with Crippen LogP contribution in [-0.2, 0) is 9.84 Å². The number of nitrogens with one attached hydrogen (secondary N) is 2. The first-order valence-corrected chi connectivity index (χ1v) is 10.7. The molecule has 2 fully saturated rings. The van der Waals surface area contributed by atoms with E-state index in [1.165, 1.54) is 0 Å². The average Bonchev–Trinajstić information content (AvgIpc) is 3.18. The number of nitrogens with zero attached hydrogens (tertiary/aromatic N) is 1. The standard InChI is InChI=1S/C18H27N3O3S.ClH/c22-18(20-11-14-21-12-9-19-10-13-21)15-5-7-17(8-6-15)25(23,24)16-3-1-2-4-16;/h5-8,16,19H,1-4,9-14H2,(H,20,22);1H. The second-order valence-electron chi connectivity index (χ2n) is 6.82. The molecule has 1 saturated heterocycles. The van der Waals surface area contributed by atoms with E-state index < -0.39 is 9.84 Å². The van der Waals surface area contributed by atoms with Gasteiger partial charge in [-0.1, -0.05) is 12.8 Å². The number of sulfone groups is 1. The van der Waals surface area contributed by atoms with Crippen LogP contribution in [0.2, 0.25) is 0 Å². The maximum atomic E-state index is 12.6. The Labute approximate surface area is 162 Å². The van der Waals surface area contributed by atoms with Crippen molar-refractivity contribution >= 4 is 28.2 Å². The summed E-state index contributed by atoms with van der Waals surface area (Å²) in [5.74, 6) is -0.153. The highest BCUT2D eigenvalue weighted by Gasteiger charge is 2.30. The molecule has 1 aromatic carbocycles. The van der Waals surface area contributed by atoms with Gasteiger partial charge in [0.2, 0.25) is 0 Å². The van der Waals surface area contributed by atoms with E-state index in [9.17, 15) is 13.2 Å². The second-order valence-corrected chi connectivity index (χ2v) is 9.05. The molecule has 0 bridgehead atoms. The molecule has 0 aromatic heterocycles. The Morgan fingerprint density at radius 3 is 2.35 bits per heavy atom. The third-order valence-corrected chi connectivity index (χ3v) is 7.39. The summed E-state index contributed by atoms with van der Waals surface area (Å²) in [6.07, 6.45) is 3.46. The molecule has 2 aliphatic rings. The fourth-order valence-corrected chi connectivity index (χ4v) is 5.41. The average molecular weight is 402 g/mol. The molecule has 6 nitrogen and oxygen atoms in total. The van der Waals surface area contributed by atoms with Crippen LogP contribution in [0.4, 0.5) is 0 Å². The minimum absolute atomic E-state index is 0. The van der Waals surface area contributed by atoms with Gasteiger partial charge in [0.25, 0.3) is 5.91 Å². The molecule has 26 heavy (non-hydrogen) atoms. The van der Waals surface area contributed by atoms with E-state index in [2.05, 4.69) is 15.5 Å². The first-order valence-electron chi connectivity index (χ1n) is 9.12. The molecule has 8 heteroatoms. The van der Waals surface area contributed by atoms with Crippen LogP contribution in [-0.4, -0.2) is 63.7 Å². The molecule has 146 valence electrons. The highest BCUT2D eigenvalue weighted by atomic mass is 35.5. The van der Waals surface area contributed by atoms with Gasteiger partial charge in [0.05, 0.1) is 10.1 Å². The van der Waals surface area contributed by atoms with Gasteiger partial charge in [0.15, 0.2) is 9.84 Å². The lowest BCUT2D eigenvalue weighted by Gasteiger charge is -2.27. The molecule has 1 amide bonds. The summed E-state index contributed by atoms with van der Waals surface area (Å²) in [6, 6.07) is 6.36. The molecular weight excluding hydrogens is 374 g/mol. The number of carbonyl (C=O) groups is 1. The molecule has 1 aliphatic heterocycles. The van der Waals surface area contributed by atoms with Crippen LogP contribution in [0, 0.1) is 0 Å². The van der Waals surface area contributed by atoms with Crippen LogP contribution in [0.25, 0.3) is 0 Å². The number of rotatable bonds is 6. The van der Waals surface area contributed by atoms with Gasteiger partial charge in [-0.05, 0) is 37.1 Å². The van der Waals surface area contributed by atoms with Gasteiger partial charge in [-0.25, -0.2) is 8.42 Å². The predicted octanol–water partition coefficient (Wildman–Crippen LogP) is 1.46. The molecule has 1 aromatic rings. The van der Waals surface area contributed by atoms with Crippen LogP contribution in [0.1, 0.15) is 36.0 Å². The molecule has 3 rings (SSSR count). The zero-order chi connectivity index (χ0) is 17.7. The fourth-order valence-electron chi connectivity index (χ4n) is 3.55. The van der Waals surface area contributed by atoms with E-state index >= 15 is 0 Å². The number of amides is 1. The zero-order valence-electron chi connectivity index (χ0n) is 14.9. The minimum atomic E-state index is -3.26. The highest BCUT2D eigenvalue weighted by molar-refractivity contribution is 7.92. The van der Waals surface area contributed by atoms with Crippen LogP contribution >= 0.6 is 12.4 Å². The van der Waals surface area contributed by atoms with E-state index in [4.69, 9.17) is 0 Å². The van der Waals surface area contributed by atoms with E-state index in [1.807, 2.05) is 0 Å². The van der Waals surface area contributed by atoms with Gasteiger partial charge >= 0.3 is 0 Å². The lowest BCUT2D eigenvalue weighted by Crippen LogP contribution is -2.46. The van der Waals surface area contributed by atoms with E-state index in [0.29, 0.717) is 17.0 Å². The maximum Gasteiger partial charge on any atom is 0.251 e. The number of benzene rings is 1. The lowest BCUT2D eigenvalue weighted by atomic mass is 10.2. The zero-order valence-corrected chi connectivity index (χ0v) is 16.6. The molecule has 2 N–H and O–H groups in total. The van der Waals surface area contributed by atoms with Crippen molar-refractivity contribution in [2.75, 3.05) is 39.3 Å². The molecule has 1 heterocycles. The van der Waals surface area contributed by atoms with Crippen LogP contribution in [0.5, 0.6) is 0 Å². The van der Waals surface area contributed by atoms with Gasteiger partial charge < -0.3 is 10.6 Å². The molecule has 1 aliphatic carbocycles. The Kier molecular flexibility index (Phi) is 7.88. The van der Waals surface area contributed by atoms with Gasteiger partial charge in [-0.15, -0.1) is 12.4 Å². The summed E-state index contributed by atoms with van der Waals surface area (Å²) < 4.78 is 25.1. The number of piperazine rings is 1. The van der Waals surface area contributed by atoms with Gasteiger partial charge in [0, 0.05) is 44.8 Å². The smallest absolute Gasteiger partial charge is 0.251 e. The summed E-state index contributed by atoms with van der Waals surface area (Å²) >= 11 is 0. The summed E-state index contributed by atoms with van der Waals surface area (Å²) in [4.78, 5) is 14.9. The number of hydrogen-bond acceptors (Lipinski definition) is 5. The monoisotopic (exact) mass is 401 g/mol. The van der Waals surface area contributed by atoms with Crippen molar-refractivity contribution in [1.82, 2.24) is 15.5 Å². The van der Waals surface area contributed by atoms with E-state index in [-0.39, 0.29) is 23.6 Å². The summed E-state index contributed by atoms with van der Waals surface area (Å²) in [6.45, 7) is 5.42. The SMILES string of the molecule is Cl.O=C(NCCN1CCNCC1)c1ccc(S(=O)(=O)C2CCCC2)cc1. The third-order valence-electron chi connectivity index (χ3n) is 5.11. The number of carbonyl (C=O) groups excluding carboxylic acids is 1. The van der Waals surface area contributed by atoms with Crippen molar-refractivity contribution in [3.05, 3.63) is 29.8 Å². The molecule has 0 spiro atoms. The normalized spacial score (nSPS) is 19.1. The lowest BCUT2D eigenvalue weighted by molar-refractivity contribution is 0.0947. The van der Waals surface area contributed by atoms with E-state index in [0.717, 1.165) is 58.4 Å². The van der Waals surface area contributed by atoms with Crippen molar-refractivity contribution in [3.8, 4) is 0 Å². The fraction of sp³-hybridized carbons (Fsp3) is 0.611. The Hall–Kier alpha value is -1.15. The molecule has 0 unspecified atom stereocenters. The Morgan fingerprint density at radius 1 is 1.12 bits per heavy atom. The minimum Gasteiger partial charge on any atom is -0.351 e. The second kappa shape index (κ2) is 9.69. The Bertz CT molecular complexity index is 682. The van der Waals surface area contributed by atoms with Gasteiger partial charge in [-0.3, -0.25) is 9.69 Å². The van der Waals surface area contributed by atoms with Gasteiger partial charge in [0.1, 0.15) is 0 Å². The predicted molar refractivity (Wildman–Crippen MR) is 105 cm³/mol. The Morgan fingerprint density at radius 2 is 1.73 bits per heavy atom. The first kappa shape index (κ1) is 21.2. The van der Waals surface area contributed by atoms with Crippen molar-refractivity contribution in [2.45, 2.75) is 35.8 Å². The first-order chi connectivity index (χ1) is 12.1. The largest absolute Gasteiger partial charge is 0.351 e. The molecule has 0 radical (unpaired) electrons. The summed E-state index contributed by atoms with van der Waals surface area (Å²) in [5, 5.41) is 5.95. The van der Waals surface area contributed by atoms with Crippen LogP contribution in [0.15, 0.2) is 29.2 Å². The van der Waals surface area contributed by atoms with Crippen LogP contribution < -0.4 is 10.6 Å². The third kappa shape index (κ3) is 5.19. The van der Waals surface area contributed by atoms with Crippen molar-refractivity contribution < 1.29 is 13.2 Å². The number of halogens is 1. The van der Waals surface area contributed by atoms with Crippen molar-refractivity contribution in [2.24, 2.45) is 0 Å². The molecular formula is C18H28ClN3O3S. The van der Waals surface area contributed by atoms with Crippen molar-refractivity contribution in [3.63, 3.8) is 0 Å². The molecule has 1 saturated carbocycles.